The van der Waals surface area contributed by atoms with Crippen LogP contribution in [0.5, 0.6) is 0 Å². The van der Waals surface area contributed by atoms with Crippen LogP contribution in [0.4, 0.5) is 10.5 Å². The van der Waals surface area contributed by atoms with Crippen LogP contribution in [0.3, 0.4) is 0 Å². The van der Waals surface area contributed by atoms with E-state index in [-0.39, 0.29) is 12.5 Å². The zero-order valence-corrected chi connectivity index (χ0v) is 19.1. The number of anilines is 1. The lowest BCUT2D eigenvalue weighted by Crippen LogP contribution is -2.26. The zero-order chi connectivity index (χ0) is 23.9. The molecule has 174 valence electrons. The average Bonchev–Trinajstić information content (AvgIpc) is 3.17. The van der Waals surface area contributed by atoms with Crippen molar-refractivity contribution in [2.45, 2.75) is 19.3 Å². The van der Waals surface area contributed by atoms with E-state index >= 15 is 0 Å². The van der Waals surface area contributed by atoms with Gasteiger partial charge in [-0.15, -0.1) is 0 Å². The molecule has 3 aromatic carbocycles. The summed E-state index contributed by atoms with van der Waals surface area (Å²) in [4.78, 5) is 24.2. The molecule has 0 aromatic heterocycles. The van der Waals surface area contributed by atoms with Gasteiger partial charge in [-0.25, -0.2) is 9.59 Å². The summed E-state index contributed by atoms with van der Waals surface area (Å²) in [7, 11) is 0. The number of fused-ring (bicyclic) bond motifs is 3. The fraction of sp³-hybridized carbons (Fsp3) is 0.214. The molecule has 1 amide bonds. The van der Waals surface area contributed by atoms with Crippen LogP contribution in [0, 0.1) is 0 Å². The molecule has 0 heterocycles. The number of esters is 1. The molecule has 0 saturated heterocycles. The fourth-order valence-corrected chi connectivity index (χ4v) is 4.19. The number of carbonyl (C=O) groups is 2. The molecule has 0 aliphatic heterocycles. The van der Waals surface area contributed by atoms with Gasteiger partial charge in [-0.05, 0) is 53.3 Å². The monoisotopic (exact) mass is 456 g/mol. The summed E-state index contributed by atoms with van der Waals surface area (Å²) in [5, 5.41) is 2.79. The number of hydrogen-bond acceptors (Lipinski definition) is 5. The second-order valence-corrected chi connectivity index (χ2v) is 8.01. The largest absolute Gasteiger partial charge is 0.462 e. The van der Waals surface area contributed by atoms with Crippen molar-refractivity contribution >= 4 is 23.8 Å². The molecule has 6 nitrogen and oxygen atoms in total. The van der Waals surface area contributed by atoms with Crippen molar-refractivity contribution < 1.29 is 19.1 Å². The summed E-state index contributed by atoms with van der Waals surface area (Å²) in [6, 6.07) is 21.7. The number of nitrogen functional groups attached to an aromatic ring is 1. The summed E-state index contributed by atoms with van der Waals surface area (Å²) in [6.45, 7) is 2.77. The lowest BCUT2D eigenvalue weighted by Gasteiger charge is -2.14. The molecule has 0 unspecified atom stereocenters. The van der Waals surface area contributed by atoms with Gasteiger partial charge in [0.25, 0.3) is 0 Å². The second kappa shape index (κ2) is 10.7. The van der Waals surface area contributed by atoms with E-state index in [1.807, 2.05) is 42.5 Å². The van der Waals surface area contributed by atoms with Crippen LogP contribution < -0.4 is 11.1 Å². The molecule has 0 saturated carbocycles. The van der Waals surface area contributed by atoms with Crippen LogP contribution in [-0.4, -0.2) is 31.8 Å². The van der Waals surface area contributed by atoms with Gasteiger partial charge in [0.1, 0.15) is 6.61 Å². The summed E-state index contributed by atoms with van der Waals surface area (Å²) < 4.78 is 10.6. The van der Waals surface area contributed by atoms with Gasteiger partial charge in [-0.3, -0.25) is 0 Å². The Morgan fingerprint density at radius 1 is 0.971 bits per heavy atom. The molecule has 0 radical (unpaired) electrons. The van der Waals surface area contributed by atoms with Crippen molar-refractivity contribution in [1.82, 2.24) is 5.32 Å². The average molecular weight is 457 g/mol. The number of ether oxygens (including phenoxy) is 2. The maximum Gasteiger partial charge on any atom is 0.407 e. The highest BCUT2D eigenvalue weighted by Gasteiger charge is 2.28. The van der Waals surface area contributed by atoms with Gasteiger partial charge in [0.15, 0.2) is 0 Å². The summed E-state index contributed by atoms with van der Waals surface area (Å²) >= 11 is 0. The van der Waals surface area contributed by atoms with Crippen molar-refractivity contribution in [3.63, 3.8) is 0 Å². The van der Waals surface area contributed by atoms with Crippen LogP contribution >= 0.6 is 0 Å². The highest BCUT2D eigenvalue weighted by atomic mass is 16.5. The normalized spacial score (nSPS) is 12.3. The SMILES string of the molecule is CCOC(=O)c1cc(C=CCCNC(=O)OCC2c3ccccc3-c3ccccc32)ccc1N. The molecule has 0 spiro atoms. The van der Waals surface area contributed by atoms with Gasteiger partial charge in [0, 0.05) is 18.2 Å². The second-order valence-electron chi connectivity index (χ2n) is 8.01. The molecule has 0 atom stereocenters. The van der Waals surface area contributed by atoms with Gasteiger partial charge in [-0.1, -0.05) is 66.7 Å². The Morgan fingerprint density at radius 2 is 1.65 bits per heavy atom. The third-order valence-corrected chi connectivity index (χ3v) is 5.81. The Hall–Kier alpha value is -4.06. The molecular formula is C28H28N2O4. The lowest BCUT2D eigenvalue weighted by molar-refractivity contribution is 0.0527. The molecule has 1 aliphatic rings. The fourth-order valence-electron chi connectivity index (χ4n) is 4.19. The molecular weight excluding hydrogens is 428 g/mol. The van der Waals surface area contributed by atoms with E-state index in [1.54, 1.807) is 19.1 Å². The molecule has 0 bridgehead atoms. The quantitative estimate of drug-likeness (QED) is 0.270. The minimum Gasteiger partial charge on any atom is -0.462 e. The number of rotatable bonds is 8. The van der Waals surface area contributed by atoms with Gasteiger partial charge >= 0.3 is 12.1 Å². The zero-order valence-electron chi connectivity index (χ0n) is 19.1. The number of hydrogen-bond donors (Lipinski definition) is 2. The van der Waals surface area contributed by atoms with E-state index in [0.29, 0.717) is 30.8 Å². The Morgan fingerprint density at radius 3 is 2.32 bits per heavy atom. The number of benzene rings is 3. The summed E-state index contributed by atoms with van der Waals surface area (Å²) in [5.41, 5.74) is 12.2. The minimum absolute atomic E-state index is 0.0390. The Bertz CT molecular complexity index is 1170. The first-order chi connectivity index (χ1) is 16.6. The third kappa shape index (κ3) is 5.12. The Kier molecular flexibility index (Phi) is 7.28. The molecule has 34 heavy (non-hydrogen) atoms. The standard InChI is InChI=1S/C28H28N2O4/c1-2-33-27(31)24-17-19(14-15-26(24)29)9-7-8-16-30-28(32)34-18-25-22-12-5-3-10-20(22)21-11-4-6-13-23(21)25/h3-7,9-15,17,25H,2,8,16,18,29H2,1H3,(H,30,32). The van der Waals surface area contributed by atoms with Gasteiger partial charge in [-0.2, -0.15) is 0 Å². The van der Waals surface area contributed by atoms with Crippen LogP contribution in [-0.2, 0) is 9.47 Å². The molecule has 3 aromatic rings. The van der Waals surface area contributed by atoms with Crippen molar-refractivity contribution in [2.24, 2.45) is 0 Å². The lowest BCUT2D eigenvalue weighted by atomic mass is 9.98. The Labute approximate surface area is 199 Å². The first-order valence-corrected chi connectivity index (χ1v) is 11.4. The van der Waals surface area contributed by atoms with Crippen molar-refractivity contribution in [1.29, 1.82) is 0 Å². The predicted octanol–water partition coefficient (Wildman–Crippen LogP) is 5.39. The summed E-state index contributed by atoms with van der Waals surface area (Å²) in [6.07, 6.45) is 3.97. The summed E-state index contributed by atoms with van der Waals surface area (Å²) in [5.74, 6) is -0.399. The smallest absolute Gasteiger partial charge is 0.407 e. The van der Waals surface area contributed by atoms with Crippen molar-refractivity contribution in [2.75, 3.05) is 25.5 Å². The van der Waals surface area contributed by atoms with Crippen LogP contribution in [0.1, 0.15) is 46.3 Å². The first-order valence-electron chi connectivity index (χ1n) is 11.4. The van der Waals surface area contributed by atoms with E-state index in [2.05, 4.69) is 29.6 Å². The van der Waals surface area contributed by atoms with Crippen LogP contribution in [0.25, 0.3) is 17.2 Å². The number of carbonyl (C=O) groups excluding carboxylic acids is 2. The number of nitrogens with one attached hydrogen (secondary N) is 1. The van der Waals surface area contributed by atoms with E-state index in [1.165, 1.54) is 22.3 Å². The first kappa shape index (κ1) is 23.1. The van der Waals surface area contributed by atoms with Crippen LogP contribution in [0.15, 0.2) is 72.8 Å². The maximum absolute atomic E-state index is 12.3. The number of nitrogens with two attached hydrogens (primary N) is 1. The highest BCUT2D eigenvalue weighted by molar-refractivity contribution is 5.95. The predicted molar refractivity (Wildman–Crippen MR) is 134 cm³/mol. The van der Waals surface area contributed by atoms with Crippen molar-refractivity contribution in [3.05, 3.63) is 95.1 Å². The van der Waals surface area contributed by atoms with E-state index < -0.39 is 12.1 Å². The van der Waals surface area contributed by atoms with E-state index in [4.69, 9.17) is 15.2 Å². The third-order valence-electron chi connectivity index (χ3n) is 5.81. The molecule has 3 N–H and O–H groups in total. The number of alkyl carbamates (subject to hydrolysis) is 1. The molecule has 0 fully saturated rings. The maximum atomic E-state index is 12.3. The molecule has 1 aliphatic carbocycles. The van der Waals surface area contributed by atoms with E-state index in [0.717, 1.165) is 5.56 Å². The van der Waals surface area contributed by atoms with Gasteiger partial charge in [0.05, 0.1) is 12.2 Å². The molecule has 6 heteroatoms. The van der Waals surface area contributed by atoms with Gasteiger partial charge < -0.3 is 20.5 Å². The van der Waals surface area contributed by atoms with Crippen molar-refractivity contribution in [3.8, 4) is 11.1 Å². The van der Waals surface area contributed by atoms with Crippen LogP contribution in [0.2, 0.25) is 0 Å². The minimum atomic E-state index is -0.438. The Balaban J connectivity index is 1.26. The molecule has 4 rings (SSSR count). The topological polar surface area (TPSA) is 90.6 Å². The highest BCUT2D eigenvalue weighted by Crippen LogP contribution is 2.44. The van der Waals surface area contributed by atoms with E-state index in [9.17, 15) is 9.59 Å². The number of amides is 1. The van der Waals surface area contributed by atoms with Gasteiger partial charge in [0.2, 0.25) is 0 Å².